The van der Waals surface area contributed by atoms with E-state index in [0.717, 1.165) is 19.3 Å². The van der Waals surface area contributed by atoms with E-state index in [-0.39, 0.29) is 17.0 Å². The van der Waals surface area contributed by atoms with Crippen molar-refractivity contribution in [2.45, 2.75) is 74.4 Å². The smallest absolute Gasteiger partial charge is 0.306 e. The Hall–Kier alpha value is -0.830. The number of carbonyl (C=O) groups is 1. The van der Waals surface area contributed by atoms with Crippen LogP contribution in [0.1, 0.15) is 64.7 Å². The van der Waals surface area contributed by atoms with E-state index in [1.54, 1.807) is 16.7 Å². The summed E-state index contributed by atoms with van der Waals surface area (Å²) >= 11 is 4.35. The predicted molar refractivity (Wildman–Crippen MR) is 125 cm³/mol. The van der Waals surface area contributed by atoms with Gasteiger partial charge in [0.05, 0.1) is 4.08 Å². The second-order valence-electron chi connectivity index (χ2n) is 10.5. The Balaban J connectivity index is 1.44. The molecule has 4 fully saturated rings. The molecule has 2 heterocycles. The zero-order valence-electron chi connectivity index (χ0n) is 18.0. The van der Waals surface area contributed by atoms with Crippen LogP contribution >= 0.6 is 23.5 Å². The summed E-state index contributed by atoms with van der Waals surface area (Å²) in [4.78, 5) is 12.1. The van der Waals surface area contributed by atoms with Crippen molar-refractivity contribution >= 4 is 29.5 Å². The highest BCUT2D eigenvalue weighted by Gasteiger charge is 2.66. The van der Waals surface area contributed by atoms with E-state index in [9.17, 15) is 4.79 Å². The first-order valence-corrected chi connectivity index (χ1v) is 13.8. The molecule has 0 aromatic heterocycles. The van der Waals surface area contributed by atoms with Gasteiger partial charge < -0.3 is 4.74 Å². The van der Waals surface area contributed by atoms with Crippen molar-refractivity contribution in [3.63, 3.8) is 0 Å². The number of hydrogen-bond donors (Lipinski definition) is 0. The second-order valence-corrected chi connectivity index (χ2v) is 13.6. The van der Waals surface area contributed by atoms with Crippen LogP contribution in [0.15, 0.2) is 41.2 Å². The van der Waals surface area contributed by atoms with Gasteiger partial charge in [-0.05, 0) is 80.4 Å². The Kier molecular flexibility index (Phi) is 4.52. The van der Waals surface area contributed by atoms with E-state index in [0.29, 0.717) is 28.3 Å². The second kappa shape index (κ2) is 6.83. The molecule has 0 aromatic carbocycles. The number of ether oxygens (including phenoxy) is 1. The fourth-order valence-electron chi connectivity index (χ4n) is 8.12. The van der Waals surface area contributed by atoms with Gasteiger partial charge >= 0.3 is 5.97 Å². The summed E-state index contributed by atoms with van der Waals surface area (Å²) < 4.78 is 6.49. The molecule has 6 rings (SSSR count). The largest absolute Gasteiger partial charge is 0.458 e. The van der Waals surface area contributed by atoms with Crippen LogP contribution in [-0.2, 0) is 9.53 Å². The Morgan fingerprint density at radius 3 is 2.73 bits per heavy atom. The number of hydrogen-bond acceptors (Lipinski definition) is 4. The Morgan fingerprint density at radius 1 is 1.17 bits per heavy atom. The number of carbonyl (C=O) groups excluding carboxylic acids is 1. The monoisotopic (exact) mass is 440 g/mol. The van der Waals surface area contributed by atoms with Crippen molar-refractivity contribution < 1.29 is 9.53 Å². The van der Waals surface area contributed by atoms with Gasteiger partial charge in [0.2, 0.25) is 0 Å². The maximum absolute atomic E-state index is 12.1. The van der Waals surface area contributed by atoms with Crippen LogP contribution in [0.4, 0.5) is 0 Å². The first kappa shape index (κ1) is 19.8. The lowest BCUT2D eigenvalue weighted by Crippen LogP contribution is -2.51. The molecule has 5 atom stereocenters. The molecule has 0 unspecified atom stereocenters. The van der Waals surface area contributed by atoms with Crippen molar-refractivity contribution in [2.75, 3.05) is 11.5 Å². The first-order chi connectivity index (χ1) is 14.5. The summed E-state index contributed by atoms with van der Waals surface area (Å²) in [6.45, 7) is 6.40. The molecule has 0 radical (unpaired) electrons. The third kappa shape index (κ3) is 2.63. The van der Waals surface area contributed by atoms with Gasteiger partial charge in [0.15, 0.2) is 0 Å². The SMILES string of the molecule is C=C=C[C@H]1C[C@@]2(C)[C@@H](CC[C@@]23CCC(=O)O3)[C@@H]2CCC3=CC4(CCC3=C21)SCCS4. The maximum Gasteiger partial charge on any atom is 0.306 e. The molecule has 0 bridgehead atoms. The van der Waals surface area contributed by atoms with Crippen molar-refractivity contribution in [2.24, 2.45) is 23.2 Å². The summed E-state index contributed by atoms with van der Waals surface area (Å²) in [5, 5.41) is 0. The van der Waals surface area contributed by atoms with Crippen LogP contribution in [0, 0.1) is 23.2 Å². The summed E-state index contributed by atoms with van der Waals surface area (Å²) in [5.74, 6) is 4.31. The average Bonchev–Trinajstić information content (AvgIpc) is 3.41. The van der Waals surface area contributed by atoms with Gasteiger partial charge in [-0.3, -0.25) is 4.79 Å². The highest BCUT2D eigenvalue weighted by molar-refractivity contribution is 8.21. The van der Waals surface area contributed by atoms with Crippen LogP contribution in [0.5, 0.6) is 0 Å². The quantitative estimate of drug-likeness (QED) is 0.346. The molecule has 160 valence electrons. The Bertz CT molecular complexity index is 904. The van der Waals surface area contributed by atoms with Crippen molar-refractivity contribution in [1.29, 1.82) is 0 Å². The fraction of sp³-hybridized carbons (Fsp3) is 0.692. The average molecular weight is 441 g/mol. The topological polar surface area (TPSA) is 26.3 Å². The van der Waals surface area contributed by atoms with Crippen LogP contribution in [0.2, 0.25) is 0 Å². The number of fused-ring (bicyclic) bond motifs is 5. The van der Waals surface area contributed by atoms with E-state index < -0.39 is 0 Å². The van der Waals surface area contributed by atoms with Gasteiger partial charge in [-0.25, -0.2) is 0 Å². The standard InChI is InChI=1S/C26H32O2S2/c1-3-4-18-15-24(2)21(8-10-25(24)11-9-22(27)28-25)20-6-5-17-16-26(29-13-14-30-26)12-7-19(17)23(18)20/h4,16,18,20-21H,1,5-15H2,2H3/t18-,20-,21-,24-,25+/m0/s1. The minimum absolute atomic E-state index is 0.0230. The summed E-state index contributed by atoms with van der Waals surface area (Å²) in [7, 11) is 0. The third-order valence-electron chi connectivity index (χ3n) is 9.36. The lowest BCUT2D eigenvalue weighted by molar-refractivity contribution is -0.162. The minimum atomic E-state index is -0.220. The van der Waals surface area contributed by atoms with Gasteiger partial charge in [-0.15, -0.1) is 29.3 Å². The van der Waals surface area contributed by atoms with Gasteiger partial charge in [0.25, 0.3) is 0 Å². The normalized spacial score (nSPS) is 43.7. The Morgan fingerprint density at radius 2 is 2.00 bits per heavy atom. The number of esters is 1. The highest BCUT2D eigenvalue weighted by atomic mass is 32.2. The van der Waals surface area contributed by atoms with E-state index in [1.165, 1.54) is 43.6 Å². The van der Waals surface area contributed by atoms with E-state index in [4.69, 9.17) is 4.74 Å². The van der Waals surface area contributed by atoms with E-state index >= 15 is 0 Å². The molecule has 2 saturated carbocycles. The van der Waals surface area contributed by atoms with Crippen LogP contribution in [0.25, 0.3) is 0 Å². The Labute approximate surface area is 189 Å². The predicted octanol–water partition coefficient (Wildman–Crippen LogP) is 6.44. The van der Waals surface area contributed by atoms with Crippen molar-refractivity contribution in [3.8, 4) is 0 Å². The summed E-state index contributed by atoms with van der Waals surface area (Å²) in [6, 6.07) is 0. The zero-order chi connectivity index (χ0) is 20.6. The first-order valence-electron chi connectivity index (χ1n) is 11.8. The summed E-state index contributed by atoms with van der Waals surface area (Å²) in [5.41, 5.74) is 8.08. The van der Waals surface area contributed by atoms with Crippen LogP contribution in [-0.4, -0.2) is 27.2 Å². The lowest BCUT2D eigenvalue weighted by atomic mass is 9.51. The van der Waals surface area contributed by atoms with E-state index in [2.05, 4.69) is 54.9 Å². The third-order valence-corrected chi connectivity index (χ3v) is 12.8. The van der Waals surface area contributed by atoms with Crippen LogP contribution < -0.4 is 0 Å². The van der Waals surface area contributed by atoms with Gasteiger partial charge in [0, 0.05) is 29.3 Å². The molecular weight excluding hydrogens is 408 g/mol. The molecule has 0 aromatic rings. The van der Waals surface area contributed by atoms with Gasteiger partial charge in [-0.2, -0.15) is 0 Å². The molecule has 4 heteroatoms. The molecule has 30 heavy (non-hydrogen) atoms. The molecule has 4 aliphatic carbocycles. The fourth-order valence-corrected chi connectivity index (χ4v) is 11.3. The molecule has 2 aliphatic heterocycles. The van der Waals surface area contributed by atoms with Gasteiger partial charge in [-0.1, -0.05) is 25.2 Å². The summed E-state index contributed by atoms with van der Waals surface area (Å²) in [6.07, 6.45) is 14.8. The van der Waals surface area contributed by atoms with Gasteiger partial charge in [0.1, 0.15) is 5.60 Å². The molecular formula is C26H32O2S2. The molecule has 0 amide bonds. The number of rotatable bonds is 1. The number of allylic oxidation sites excluding steroid dienone is 4. The molecule has 0 N–H and O–H groups in total. The highest BCUT2D eigenvalue weighted by Crippen LogP contribution is 2.68. The lowest BCUT2D eigenvalue weighted by Gasteiger charge is -2.54. The maximum atomic E-state index is 12.1. The van der Waals surface area contributed by atoms with Crippen LogP contribution in [0.3, 0.4) is 0 Å². The van der Waals surface area contributed by atoms with Crippen molar-refractivity contribution in [1.82, 2.24) is 0 Å². The van der Waals surface area contributed by atoms with Crippen molar-refractivity contribution in [3.05, 3.63) is 41.2 Å². The molecule has 2 saturated heterocycles. The molecule has 6 aliphatic rings. The van der Waals surface area contributed by atoms with E-state index in [1.807, 2.05) is 0 Å². The molecule has 2 nitrogen and oxygen atoms in total. The number of thioether (sulfide) groups is 2. The minimum Gasteiger partial charge on any atom is -0.458 e. The zero-order valence-corrected chi connectivity index (χ0v) is 19.6. The molecule has 2 spiro atoms.